The molecule has 5 heteroatoms. The van der Waals surface area contributed by atoms with Crippen LogP contribution in [0.25, 0.3) is 0 Å². The number of ether oxygens (including phenoxy) is 1. The molecule has 0 aromatic heterocycles. The summed E-state index contributed by atoms with van der Waals surface area (Å²) in [5.74, 6) is 1.08. The molecule has 0 radical (unpaired) electrons. The minimum atomic E-state index is -3.06. The van der Waals surface area contributed by atoms with Crippen LogP contribution < -0.4 is 4.74 Å². The van der Waals surface area contributed by atoms with E-state index < -0.39 is 7.60 Å². The molecular weight excluding hydrogens is 287 g/mol. The van der Waals surface area contributed by atoms with Crippen molar-refractivity contribution in [3.8, 4) is 5.75 Å². The maximum Gasteiger partial charge on any atom is 0.334 e. The zero-order valence-corrected chi connectivity index (χ0v) is 14.3. The van der Waals surface area contributed by atoms with Crippen LogP contribution in [0.15, 0.2) is 24.3 Å². The Balaban J connectivity index is 2.11. The number of hydrogen-bond donors (Lipinski definition) is 0. The monoisotopic (exact) mass is 312 g/mol. The van der Waals surface area contributed by atoms with Crippen LogP contribution in [0.2, 0.25) is 0 Å². The average Bonchev–Trinajstić information content (AvgIpc) is 3.17. The van der Waals surface area contributed by atoms with Crippen LogP contribution in [0.1, 0.15) is 45.6 Å². The first kappa shape index (κ1) is 16.5. The highest BCUT2D eigenvalue weighted by Gasteiger charge is 2.54. The zero-order valence-electron chi connectivity index (χ0n) is 13.4. The minimum Gasteiger partial charge on any atom is -0.497 e. The van der Waals surface area contributed by atoms with Crippen molar-refractivity contribution >= 4 is 7.60 Å². The molecule has 1 aliphatic rings. The third-order valence-electron chi connectivity index (χ3n) is 3.42. The van der Waals surface area contributed by atoms with Crippen molar-refractivity contribution in [2.45, 2.75) is 57.9 Å². The van der Waals surface area contributed by atoms with Gasteiger partial charge in [0.15, 0.2) is 0 Å². The highest BCUT2D eigenvalue weighted by atomic mass is 31.2. The van der Waals surface area contributed by atoms with Gasteiger partial charge in [-0.05, 0) is 57.7 Å². The summed E-state index contributed by atoms with van der Waals surface area (Å²) in [7, 11) is -1.42. The second-order valence-corrected chi connectivity index (χ2v) is 8.20. The van der Waals surface area contributed by atoms with E-state index in [2.05, 4.69) is 0 Å². The molecule has 118 valence electrons. The highest BCUT2D eigenvalue weighted by molar-refractivity contribution is 7.55. The summed E-state index contributed by atoms with van der Waals surface area (Å²) in [5, 5.41) is 0. The van der Waals surface area contributed by atoms with Gasteiger partial charge in [-0.15, -0.1) is 0 Å². The molecule has 4 nitrogen and oxygen atoms in total. The lowest BCUT2D eigenvalue weighted by Gasteiger charge is -2.23. The summed E-state index contributed by atoms with van der Waals surface area (Å²) >= 11 is 0. The number of benzene rings is 1. The van der Waals surface area contributed by atoms with Crippen molar-refractivity contribution in [1.29, 1.82) is 0 Å². The first-order valence-electron chi connectivity index (χ1n) is 7.46. The Morgan fingerprint density at radius 1 is 1.05 bits per heavy atom. The molecular formula is C16H25O4P. The molecule has 1 aliphatic carbocycles. The van der Waals surface area contributed by atoms with Crippen LogP contribution >= 0.6 is 7.60 Å². The fourth-order valence-electron chi connectivity index (χ4n) is 2.51. The van der Waals surface area contributed by atoms with Crippen LogP contribution in [-0.2, 0) is 13.6 Å². The fourth-order valence-corrected chi connectivity index (χ4v) is 5.15. The van der Waals surface area contributed by atoms with E-state index in [1.54, 1.807) is 7.11 Å². The van der Waals surface area contributed by atoms with Gasteiger partial charge >= 0.3 is 7.60 Å². The predicted octanol–water partition coefficient (Wildman–Crippen LogP) is 4.59. The van der Waals surface area contributed by atoms with Crippen molar-refractivity contribution in [2.24, 2.45) is 0 Å². The van der Waals surface area contributed by atoms with Gasteiger partial charge in [0.05, 0.1) is 25.0 Å². The summed E-state index contributed by atoms with van der Waals surface area (Å²) in [5.41, 5.74) is 1.14. The molecule has 0 amide bonds. The van der Waals surface area contributed by atoms with Gasteiger partial charge in [-0.3, -0.25) is 4.57 Å². The molecule has 2 rings (SSSR count). The lowest BCUT2D eigenvalue weighted by Crippen LogP contribution is -2.11. The first-order chi connectivity index (χ1) is 9.85. The summed E-state index contributed by atoms with van der Waals surface area (Å²) in [6, 6.07) is 7.92. The molecule has 0 aliphatic heterocycles. The second kappa shape index (κ2) is 6.51. The Kier molecular flexibility index (Phi) is 5.13. The molecule has 0 spiro atoms. The van der Waals surface area contributed by atoms with Crippen LogP contribution in [0.4, 0.5) is 0 Å². The van der Waals surface area contributed by atoms with Gasteiger partial charge in [0.25, 0.3) is 0 Å². The van der Waals surface area contributed by atoms with Gasteiger partial charge in [-0.2, -0.15) is 0 Å². The van der Waals surface area contributed by atoms with E-state index in [0.717, 1.165) is 12.2 Å². The molecule has 0 bridgehead atoms. The van der Waals surface area contributed by atoms with E-state index in [1.165, 1.54) is 5.56 Å². The number of methoxy groups -OCH3 is 1. The molecule has 0 unspecified atom stereocenters. The molecule has 0 heterocycles. The maximum atomic E-state index is 13.0. The maximum absolute atomic E-state index is 13.0. The average molecular weight is 312 g/mol. The predicted molar refractivity (Wildman–Crippen MR) is 84.2 cm³/mol. The fraction of sp³-hybridized carbons (Fsp3) is 0.625. The Hall–Kier alpha value is -0.830. The van der Waals surface area contributed by atoms with E-state index in [-0.39, 0.29) is 23.8 Å². The Bertz CT molecular complexity index is 496. The normalized spacial score (nSPS) is 21.9. The number of rotatable bonds is 7. The first-order valence-corrected chi connectivity index (χ1v) is 9.07. The summed E-state index contributed by atoms with van der Waals surface area (Å²) in [6.45, 7) is 7.56. The Morgan fingerprint density at radius 2 is 1.57 bits per heavy atom. The molecule has 2 atom stereocenters. The van der Waals surface area contributed by atoms with Gasteiger partial charge in [0.2, 0.25) is 0 Å². The third-order valence-corrected chi connectivity index (χ3v) is 6.24. The molecule has 1 fully saturated rings. The quantitative estimate of drug-likeness (QED) is 0.691. The van der Waals surface area contributed by atoms with Crippen molar-refractivity contribution in [3.63, 3.8) is 0 Å². The zero-order chi connectivity index (χ0) is 15.6. The van der Waals surface area contributed by atoms with E-state index in [9.17, 15) is 4.57 Å². The van der Waals surface area contributed by atoms with E-state index in [4.69, 9.17) is 13.8 Å². The van der Waals surface area contributed by atoms with Crippen molar-refractivity contribution in [2.75, 3.05) is 7.11 Å². The van der Waals surface area contributed by atoms with Gasteiger partial charge in [-0.25, -0.2) is 0 Å². The highest BCUT2D eigenvalue weighted by Crippen LogP contribution is 2.69. The second-order valence-electron chi connectivity index (χ2n) is 6.03. The smallest absolute Gasteiger partial charge is 0.334 e. The third kappa shape index (κ3) is 4.09. The lowest BCUT2D eigenvalue weighted by atomic mass is 10.1. The Morgan fingerprint density at radius 3 is 2.00 bits per heavy atom. The summed E-state index contributed by atoms with van der Waals surface area (Å²) in [4.78, 5) is 0. The molecule has 1 aromatic rings. The summed E-state index contributed by atoms with van der Waals surface area (Å²) in [6.07, 6.45) is 0.640. The Labute approximate surface area is 127 Å². The number of hydrogen-bond acceptors (Lipinski definition) is 4. The van der Waals surface area contributed by atoms with Crippen LogP contribution in [0.5, 0.6) is 5.75 Å². The van der Waals surface area contributed by atoms with Gasteiger partial charge in [-0.1, -0.05) is 12.1 Å². The lowest BCUT2D eigenvalue weighted by molar-refractivity contribution is 0.141. The van der Waals surface area contributed by atoms with Gasteiger partial charge in [0, 0.05) is 0 Å². The van der Waals surface area contributed by atoms with Gasteiger partial charge < -0.3 is 13.8 Å². The van der Waals surface area contributed by atoms with Crippen molar-refractivity contribution in [3.05, 3.63) is 29.8 Å². The van der Waals surface area contributed by atoms with Gasteiger partial charge in [0.1, 0.15) is 5.75 Å². The standard InChI is InChI=1S/C16H25O4P/c1-11(2)19-21(17,20-12(3)4)16-10-15(16)13-6-8-14(18-5)9-7-13/h6-9,11-12,15-16H,10H2,1-5H3/t15-,16+/m0/s1. The molecule has 1 saturated carbocycles. The molecule has 1 aromatic carbocycles. The van der Waals surface area contributed by atoms with Crippen molar-refractivity contribution < 1.29 is 18.3 Å². The van der Waals surface area contributed by atoms with Crippen LogP contribution in [0.3, 0.4) is 0 Å². The minimum absolute atomic E-state index is 0.0318. The van der Waals surface area contributed by atoms with Crippen LogP contribution in [0, 0.1) is 0 Å². The van der Waals surface area contributed by atoms with Crippen molar-refractivity contribution in [1.82, 2.24) is 0 Å². The largest absolute Gasteiger partial charge is 0.497 e. The summed E-state index contributed by atoms with van der Waals surface area (Å²) < 4.78 is 29.6. The SMILES string of the molecule is COc1ccc([C@@H]2C[C@H]2P(=O)(OC(C)C)OC(C)C)cc1. The molecule has 0 N–H and O–H groups in total. The topological polar surface area (TPSA) is 44.8 Å². The van der Waals surface area contributed by atoms with E-state index in [1.807, 2.05) is 52.0 Å². The van der Waals surface area contributed by atoms with Crippen LogP contribution in [-0.4, -0.2) is 25.0 Å². The molecule has 21 heavy (non-hydrogen) atoms. The van der Waals surface area contributed by atoms with E-state index in [0.29, 0.717) is 0 Å². The van der Waals surface area contributed by atoms with E-state index >= 15 is 0 Å². The molecule has 0 saturated heterocycles.